The first-order valence-corrected chi connectivity index (χ1v) is 5.83. The van der Waals surface area contributed by atoms with Crippen molar-refractivity contribution in [1.82, 2.24) is 9.78 Å². The van der Waals surface area contributed by atoms with Crippen LogP contribution in [0.2, 0.25) is 10.0 Å². The number of nitrogens with one attached hydrogen (secondary N) is 1. The van der Waals surface area contributed by atoms with Crippen LogP contribution in [0.3, 0.4) is 0 Å². The van der Waals surface area contributed by atoms with Crippen molar-refractivity contribution >= 4 is 40.5 Å². The fraction of sp³-hybridized carbons (Fsp3) is 0.0909. The highest BCUT2D eigenvalue weighted by Crippen LogP contribution is 2.25. The van der Waals surface area contributed by atoms with Gasteiger partial charge in [-0.3, -0.25) is 9.48 Å². The normalized spacial score (nSPS) is 10.3. The second kappa shape index (κ2) is 5.29. The van der Waals surface area contributed by atoms with Gasteiger partial charge in [0.05, 0.1) is 22.6 Å². The van der Waals surface area contributed by atoms with Crippen LogP contribution in [-0.2, 0) is 11.3 Å². The molecule has 0 unspecified atom stereocenters. The number of carbonyl (C=O) groups excluding carboxylic acids is 1. The molecule has 0 aliphatic heterocycles. The van der Waals surface area contributed by atoms with E-state index in [9.17, 15) is 4.79 Å². The first-order chi connectivity index (χ1) is 8.54. The van der Waals surface area contributed by atoms with Gasteiger partial charge in [-0.15, -0.1) is 0 Å². The number of rotatable bonds is 3. The fourth-order valence-electron chi connectivity index (χ4n) is 1.40. The number of anilines is 2. The molecule has 0 saturated carbocycles. The van der Waals surface area contributed by atoms with E-state index in [1.54, 1.807) is 24.4 Å². The minimum absolute atomic E-state index is 0.0556. The molecule has 0 aliphatic rings. The Morgan fingerprint density at radius 1 is 1.44 bits per heavy atom. The third-order valence-electron chi connectivity index (χ3n) is 2.16. The minimum atomic E-state index is -0.262. The number of amides is 1. The van der Waals surface area contributed by atoms with Gasteiger partial charge in [0, 0.05) is 11.2 Å². The maximum atomic E-state index is 11.7. The molecule has 1 amide bonds. The van der Waals surface area contributed by atoms with Gasteiger partial charge in [-0.05, 0) is 18.2 Å². The van der Waals surface area contributed by atoms with Crippen molar-refractivity contribution in [2.75, 3.05) is 11.1 Å². The lowest BCUT2D eigenvalue weighted by Gasteiger charge is -2.07. The number of halogens is 2. The Labute approximate surface area is 113 Å². The van der Waals surface area contributed by atoms with Gasteiger partial charge in [0.25, 0.3) is 0 Å². The SMILES string of the molecule is Nc1cnn(CC(=O)Nc2cc(Cl)ccc2Cl)c1. The van der Waals surface area contributed by atoms with Crippen LogP contribution in [0.15, 0.2) is 30.6 Å². The Morgan fingerprint density at radius 3 is 2.89 bits per heavy atom. The van der Waals surface area contributed by atoms with Gasteiger partial charge in [0.1, 0.15) is 6.54 Å². The van der Waals surface area contributed by atoms with Crippen LogP contribution in [0.4, 0.5) is 11.4 Å². The summed E-state index contributed by atoms with van der Waals surface area (Å²) in [7, 11) is 0. The third-order valence-corrected chi connectivity index (χ3v) is 2.73. The van der Waals surface area contributed by atoms with E-state index in [0.717, 1.165) is 0 Å². The Morgan fingerprint density at radius 2 is 2.22 bits per heavy atom. The number of nitrogens with zero attached hydrogens (tertiary/aromatic N) is 2. The fourth-order valence-corrected chi connectivity index (χ4v) is 1.73. The number of benzene rings is 1. The number of hydrogen-bond acceptors (Lipinski definition) is 3. The molecule has 0 spiro atoms. The predicted octanol–water partition coefficient (Wildman–Crippen LogP) is 2.41. The largest absolute Gasteiger partial charge is 0.396 e. The van der Waals surface area contributed by atoms with Gasteiger partial charge in [-0.2, -0.15) is 5.10 Å². The molecule has 1 heterocycles. The molecule has 1 aromatic heterocycles. The van der Waals surface area contributed by atoms with E-state index < -0.39 is 0 Å². The predicted molar refractivity (Wildman–Crippen MR) is 71.7 cm³/mol. The Balaban J connectivity index is 2.05. The summed E-state index contributed by atoms with van der Waals surface area (Å²) in [6.45, 7) is 0.0556. The molecule has 0 aliphatic carbocycles. The van der Waals surface area contributed by atoms with Crippen molar-refractivity contribution in [3.63, 3.8) is 0 Å². The lowest BCUT2D eigenvalue weighted by molar-refractivity contribution is -0.116. The van der Waals surface area contributed by atoms with Crippen molar-refractivity contribution in [1.29, 1.82) is 0 Å². The number of carbonyl (C=O) groups is 1. The van der Waals surface area contributed by atoms with E-state index in [-0.39, 0.29) is 12.5 Å². The summed E-state index contributed by atoms with van der Waals surface area (Å²) in [4.78, 5) is 11.7. The summed E-state index contributed by atoms with van der Waals surface area (Å²) in [5.41, 5.74) is 6.47. The zero-order valence-corrected chi connectivity index (χ0v) is 10.7. The zero-order chi connectivity index (χ0) is 13.1. The summed E-state index contributed by atoms with van der Waals surface area (Å²) in [6.07, 6.45) is 3.04. The molecular formula is C11H10Cl2N4O. The van der Waals surface area contributed by atoms with Crippen molar-refractivity contribution < 1.29 is 4.79 Å². The van der Waals surface area contributed by atoms with E-state index >= 15 is 0 Å². The summed E-state index contributed by atoms with van der Waals surface area (Å²) < 4.78 is 1.43. The van der Waals surface area contributed by atoms with E-state index in [2.05, 4.69) is 10.4 Å². The highest BCUT2D eigenvalue weighted by atomic mass is 35.5. The first kappa shape index (κ1) is 12.7. The van der Waals surface area contributed by atoms with Crippen LogP contribution >= 0.6 is 23.2 Å². The first-order valence-electron chi connectivity index (χ1n) is 5.07. The van der Waals surface area contributed by atoms with Crippen molar-refractivity contribution in [3.05, 3.63) is 40.6 Å². The van der Waals surface area contributed by atoms with Crippen LogP contribution in [0.25, 0.3) is 0 Å². The van der Waals surface area contributed by atoms with Crippen LogP contribution < -0.4 is 11.1 Å². The molecule has 0 atom stereocenters. The molecule has 2 rings (SSSR count). The van der Waals surface area contributed by atoms with Crippen molar-refractivity contribution in [2.45, 2.75) is 6.54 Å². The molecule has 18 heavy (non-hydrogen) atoms. The van der Waals surface area contributed by atoms with Gasteiger partial charge in [-0.1, -0.05) is 23.2 Å². The molecule has 0 radical (unpaired) electrons. The van der Waals surface area contributed by atoms with E-state index in [1.807, 2.05) is 0 Å². The number of nitrogens with two attached hydrogens (primary N) is 1. The van der Waals surface area contributed by atoms with Crippen LogP contribution in [0.1, 0.15) is 0 Å². The number of hydrogen-bond donors (Lipinski definition) is 2. The molecular weight excluding hydrogens is 275 g/mol. The van der Waals surface area contributed by atoms with Crippen LogP contribution in [0, 0.1) is 0 Å². The smallest absolute Gasteiger partial charge is 0.246 e. The van der Waals surface area contributed by atoms with E-state index in [0.29, 0.717) is 21.4 Å². The molecule has 0 fully saturated rings. The van der Waals surface area contributed by atoms with Crippen LogP contribution in [-0.4, -0.2) is 15.7 Å². The molecule has 5 nitrogen and oxygen atoms in total. The summed E-state index contributed by atoms with van der Waals surface area (Å²) in [5.74, 6) is -0.262. The zero-order valence-electron chi connectivity index (χ0n) is 9.23. The molecule has 0 bridgehead atoms. The van der Waals surface area contributed by atoms with Gasteiger partial charge < -0.3 is 11.1 Å². The Kier molecular flexibility index (Phi) is 3.74. The molecule has 1 aromatic carbocycles. The lowest BCUT2D eigenvalue weighted by Crippen LogP contribution is -2.19. The average molecular weight is 285 g/mol. The molecule has 2 aromatic rings. The quantitative estimate of drug-likeness (QED) is 0.909. The van der Waals surface area contributed by atoms with Crippen molar-refractivity contribution in [2.24, 2.45) is 0 Å². The standard InChI is InChI=1S/C11H10Cl2N4O/c12-7-1-2-9(13)10(3-7)16-11(18)6-17-5-8(14)4-15-17/h1-5H,6,14H2,(H,16,18). The highest BCUT2D eigenvalue weighted by Gasteiger charge is 2.07. The molecule has 3 N–H and O–H groups in total. The second-order valence-electron chi connectivity index (χ2n) is 3.64. The Bertz CT molecular complexity index is 582. The van der Waals surface area contributed by atoms with E-state index in [4.69, 9.17) is 28.9 Å². The van der Waals surface area contributed by atoms with Gasteiger partial charge >= 0.3 is 0 Å². The monoisotopic (exact) mass is 284 g/mol. The van der Waals surface area contributed by atoms with Gasteiger partial charge in [0.15, 0.2) is 0 Å². The minimum Gasteiger partial charge on any atom is -0.396 e. The van der Waals surface area contributed by atoms with Crippen molar-refractivity contribution in [3.8, 4) is 0 Å². The molecule has 0 saturated heterocycles. The topological polar surface area (TPSA) is 72.9 Å². The second-order valence-corrected chi connectivity index (χ2v) is 4.49. The van der Waals surface area contributed by atoms with E-state index in [1.165, 1.54) is 10.9 Å². The Hall–Kier alpha value is -1.72. The summed E-state index contributed by atoms with van der Waals surface area (Å²) in [5, 5.41) is 7.48. The highest BCUT2D eigenvalue weighted by molar-refractivity contribution is 6.35. The van der Waals surface area contributed by atoms with Crippen LogP contribution in [0.5, 0.6) is 0 Å². The lowest BCUT2D eigenvalue weighted by atomic mass is 10.3. The maximum absolute atomic E-state index is 11.7. The number of nitrogen functional groups attached to an aromatic ring is 1. The summed E-state index contributed by atoms with van der Waals surface area (Å²) >= 11 is 11.8. The molecule has 94 valence electrons. The average Bonchev–Trinajstić information content (AvgIpc) is 2.69. The summed E-state index contributed by atoms with van der Waals surface area (Å²) in [6, 6.07) is 4.85. The number of aromatic nitrogens is 2. The molecule has 7 heteroatoms. The third kappa shape index (κ3) is 3.15. The van der Waals surface area contributed by atoms with Gasteiger partial charge in [0.2, 0.25) is 5.91 Å². The van der Waals surface area contributed by atoms with Gasteiger partial charge in [-0.25, -0.2) is 0 Å². The maximum Gasteiger partial charge on any atom is 0.246 e.